The van der Waals surface area contributed by atoms with Crippen molar-refractivity contribution in [1.29, 1.82) is 0 Å². The van der Waals surface area contributed by atoms with Crippen LogP contribution in [-0.2, 0) is 6.54 Å². The van der Waals surface area contributed by atoms with Gasteiger partial charge in [0.25, 0.3) is 0 Å². The first-order valence-electron chi connectivity index (χ1n) is 6.82. The molecule has 1 aliphatic heterocycles. The van der Waals surface area contributed by atoms with E-state index in [2.05, 4.69) is 32.1 Å². The van der Waals surface area contributed by atoms with Crippen molar-refractivity contribution in [2.45, 2.75) is 26.3 Å². The van der Waals surface area contributed by atoms with Gasteiger partial charge in [-0.15, -0.1) is 0 Å². The van der Waals surface area contributed by atoms with E-state index in [0.717, 1.165) is 31.1 Å². The van der Waals surface area contributed by atoms with Crippen LogP contribution in [0.25, 0.3) is 0 Å². The minimum Gasteiger partial charge on any atom is -0.356 e. The highest BCUT2D eigenvalue weighted by atomic mass is 15.3. The molecule has 5 nitrogen and oxygen atoms in total. The van der Waals surface area contributed by atoms with Crippen LogP contribution in [0.1, 0.15) is 18.5 Å². The van der Waals surface area contributed by atoms with Crippen molar-refractivity contribution < 1.29 is 0 Å². The smallest absolute Gasteiger partial charge is 0.137 e. The molecule has 0 amide bonds. The Morgan fingerprint density at radius 1 is 1.37 bits per heavy atom. The van der Waals surface area contributed by atoms with Gasteiger partial charge < -0.3 is 4.90 Å². The average Bonchev–Trinajstić information content (AvgIpc) is 2.92. The summed E-state index contributed by atoms with van der Waals surface area (Å²) in [5.41, 5.74) is 1.08. The van der Waals surface area contributed by atoms with E-state index in [1.54, 1.807) is 12.7 Å². The summed E-state index contributed by atoms with van der Waals surface area (Å²) >= 11 is 0. The number of nitrogens with zero attached hydrogens (tertiary/aromatic N) is 5. The Morgan fingerprint density at radius 2 is 2.32 bits per heavy atom. The highest BCUT2D eigenvalue weighted by molar-refractivity contribution is 5.39. The van der Waals surface area contributed by atoms with Crippen LogP contribution < -0.4 is 4.90 Å². The summed E-state index contributed by atoms with van der Waals surface area (Å²) in [6.07, 6.45) is 5.86. The molecule has 1 saturated heterocycles. The summed E-state index contributed by atoms with van der Waals surface area (Å²) in [6.45, 7) is 5.14. The normalized spacial score (nSPS) is 19.6. The lowest BCUT2D eigenvalue weighted by Gasteiger charge is -2.33. The zero-order valence-electron chi connectivity index (χ0n) is 11.2. The van der Waals surface area contributed by atoms with Gasteiger partial charge in [-0.1, -0.05) is 6.07 Å². The first-order valence-corrected chi connectivity index (χ1v) is 6.82. The van der Waals surface area contributed by atoms with Gasteiger partial charge in [-0.2, -0.15) is 5.10 Å². The van der Waals surface area contributed by atoms with Crippen LogP contribution in [0, 0.1) is 12.8 Å². The highest BCUT2D eigenvalue weighted by Crippen LogP contribution is 2.22. The second-order valence-corrected chi connectivity index (χ2v) is 5.21. The summed E-state index contributed by atoms with van der Waals surface area (Å²) in [6, 6.07) is 6.23. The van der Waals surface area contributed by atoms with Crippen LogP contribution in [0.2, 0.25) is 0 Å². The molecular formula is C14H19N5. The van der Waals surface area contributed by atoms with Crippen LogP contribution in [0.15, 0.2) is 30.9 Å². The van der Waals surface area contributed by atoms with Crippen LogP contribution in [-0.4, -0.2) is 32.8 Å². The molecule has 0 aromatic carbocycles. The van der Waals surface area contributed by atoms with Crippen molar-refractivity contribution >= 4 is 5.82 Å². The summed E-state index contributed by atoms with van der Waals surface area (Å²) in [7, 11) is 0. The van der Waals surface area contributed by atoms with E-state index in [-0.39, 0.29) is 0 Å². The fourth-order valence-corrected chi connectivity index (χ4v) is 2.72. The molecule has 0 saturated carbocycles. The number of pyridine rings is 1. The van der Waals surface area contributed by atoms with Crippen LogP contribution >= 0.6 is 0 Å². The Balaban J connectivity index is 1.67. The predicted molar refractivity (Wildman–Crippen MR) is 73.9 cm³/mol. The Labute approximate surface area is 113 Å². The van der Waals surface area contributed by atoms with Crippen molar-refractivity contribution in [3.8, 4) is 0 Å². The quantitative estimate of drug-likeness (QED) is 0.842. The molecule has 2 aromatic heterocycles. The molecule has 0 N–H and O–H groups in total. The van der Waals surface area contributed by atoms with Crippen LogP contribution in [0.5, 0.6) is 0 Å². The second kappa shape index (κ2) is 5.38. The molecule has 1 atom stereocenters. The van der Waals surface area contributed by atoms with Gasteiger partial charge in [0, 0.05) is 25.3 Å². The number of hydrogen-bond acceptors (Lipinski definition) is 4. The fourth-order valence-electron chi connectivity index (χ4n) is 2.72. The maximum atomic E-state index is 4.62. The lowest BCUT2D eigenvalue weighted by molar-refractivity contribution is 0.350. The first-order chi connectivity index (χ1) is 9.31. The van der Waals surface area contributed by atoms with Crippen LogP contribution in [0.4, 0.5) is 5.82 Å². The summed E-state index contributed by atoms with van der Waals surface area (Å²) < 4.78 is 1.93. The lowest BCUT2D eigenvalue weighted by atomic mass is 9.98. The average molecular weight is 257 g/mol. The van der Waals surface area contributed by atoms with Gasteiger partial charge in [0.05, 0.1) is 0 Å². The fraction of sp³-hybridized carbons (Fsp3) is 0.500. The van der Waals surface area contributed by atoms with Gasteiger partial charge in [-0.25, -0.2) is 9.97 Å². The third-order valence-electron chi connectivity index (χ3n) is 3.63. The largest absolute Gasteiger partial charge is 0.356 e. The molecule has 100 valence electrons. The van der Waals surface area contributed by atoms with Gasteiger partial charge in [0.1, 0.15) is 18.5 Å². The molecule has 0 aliphatic carbocycles. The zero-order valence-corrected chi connectivity index (χ0v) is 11.2. The number of anilines is 1. The summed E-state index contributed by atoms with van der Waals surface area (Å²) in [5.74, 6) is 1.72. The maximum absolute atomic E-state index is 4.62. The van der Waals surface area contributed by atoms with Gasteiger partial charge in [0.15, 0.2) is 0 Å². The Morgan fingerprint density at radius 3 is 3.11 bits per heavy atom. The number of rotatable bonds is 3. The van der Waals surface area contributed by atoms with Crippen molar-refractivity contribution in [1.82, 2.24) is 19.7 Å². The van der Waals surface area contributed by atoms with E-state index in [1.807, 2.05) is 17.7 Å². The standard InChI is InChI=1S/C14H19N5/c1-12-4-2-6-14(17-12)18-7-3-5-13(8-18)9-19-11-15-10-16-19/h2,4,6,10-11,13H,3,5,7-9H2,1H3. The van der Waals surface area contributed by atoms with Gasteiger partial charge >= 0.3 is 0 Å². The number of piperidine rings is 1. The number of hydrogen-bond donors (Lipinski definition) is 0. The molecule has 0 radical (unpaired) electrons. The summed E-state index contributed by atoms with van der Waals surface area (Å²) in [5, 5.41) is 4.19. The van der Waals surface area contributed by atoms with Gasteiger partial charge in [0.2, 0.25) is 0 Å². The van der Waals surface area contributed by atoms with E-state index in [9.17, 15) is 0 Å². The topological polar surface area (TPSA) is 46.8 Å². The third-order valence-corrected chi connectivity index (χ3v) is 3.63. The number of aryl methyl sites for hydroxylation is 1. The van der Waals surface area contributed by atoms with Crippen molar-refractivity contribution in [3.05, 3.63) is 36.5 Å². The SMILES string of the molecule is Cc1cccc(N2CCCC(Cn3cncn3)C2)n1. The Hall–Kier alpha value is -1.91. The summed E-state index contributed by atoms with van der Waals surface area (Å²) in [4.78, 5) is 11.0. The Kier molecular flexibility index (Phi) is 3.44. The minimum atomic E-state index is 0.623. The van der Waals surface area contributed by atoms with Crippen molar-refractivity contribution in [3.63, 3.8) is 0 Å². The molecule has 3 rings (SSSR count). The molecule has 19 heavy (non-hydrogen) atoms. The molecular weight excluding hydrogens is 238 g/mol. The molecule has 0 spiro atoms. The van der Waals surface area contributed by atoms with Gasteiger partial charge in [-0.3, -0.25) is 4.68 Å². The van der Waals surface area contributed by atoms with E-state index in [4.69, 9.17) is 0 Å². The number of aromatic nitrogens is 4. The van der Waals surface area contributed by atoms with Gasteiger partial charge in [-0.05, 0) is 37.8 Å². The predicted octanol–water partition coefficient (Wildman–Crippen LogP) is 1.90. The minimum absolute atomic E-state index is 0.623. The monoisotopic (exact) mass is 257 g/mol. The lowest BCUT2D eigenvalue weighted by Crippen LogP contribution is -2.37. The third kappa shape index (κ3) is 2.92. The van der Waals surface area contributed by atoms with Crippen molar-refractivity contribution in [2.24, 2.45) is 5.92 Å². The highest BCUT2D eigenvalue weighted by Gasteiger charge is 2.21. The van der Waals surface area contributed by atoms with E-state index >= 15 is 0 Å². The molecule has 5 heteroatoms. The first kappa shape index (κ1) is 12.1. The molecule has 3 heterocycles. The zero-order chi connectivity index (χ0) is 13.1. The second-order valence-electron chi connectivity index (χ2n) is 5.21. The van der Waals surface area contributed by atoms with Crippen LogP contribution in [0.3, 0.4) is 0 Å². The molecule has 1 unspecified atom stereocenters. The maximum Gasteiger partial charge on any atom is 0.137 e. The molecule has 0 bridgehead atoms. The molecule has 1 aliphatic rings. The Bertz CT molecular complexity index is 522. The van der Waals surface area contributed by atoms with E-state index in [1.165, 1.54) is 12.8 Å². The molecule has 2 aromatic rings. The van der Waals surface area contributed by atoms with E-state index in [0.29, 0.717) is 5.92 Å². The van der Waals surface area contributed by atoms with Crippen molar-refractivity contribution in [2.75, 3.05) is 18.0 Å². The molecule has 1 fully saturated rings. The van der Waals surface area contributed by atoms with E-state index < -0.39 is 0 Å².